The van der Waals surface area contributed by atoms with Crippen molar-refractivity contribution in [2.75, 3.05) is 77.7 Å². The van der Waals surface area contributed by atoms with Gasteiger partial charge in [0, 0.05) is 64.1 Å². The minimum Gasteiger partial charge on any atom is -0.490 e. The van der Waals surface area contributed by atoms with Crippen molar-refractivity contribution < 1.29 is 18.9 Å². The van der Waals surface area contributed by atoms with Crippen LogP contribution in [0.1, 0.15) is 26.7 Å². The van der Waals surface area contributed by atoms with E-state index in [4.69, 9.17) is 23.9 Å². The fraction of sp³-hybridized carbons (Fsp3) is 0.696. The molecule has 0 saturated carbocycles. The van der Waals surface area contributed by atoms with Gasteiger partial charge in [-0.3, -0.25) is 9.89 Å². The molecule has 3 rings (SSSR count). The largest absolute Gasteiger partial charge is 0.490 e. The molecule has 0 aliphatic carbocycles. The number of halogens is 1. The second-order valence-corrected chi connectivity index (χ2v) is 8.27. The van der Waals surface area contributed by atoms with Crippen molar-refractivity contribution >= 4 is 35.6 Å². The van der Waals surface area contributed by atoms with E-state index in [1.165, 1.54) is 0 Å². The molecule has 0 bridgehead atoms. The van der Waals surface area contributed by atoms with E-state index in [1.807, 2.05) is 18.2 Å². The number of rotatable bonds is 10. The Balaban J connectivity index is 0.00000363. The van der Waals surface area contributed by atoms with Crippen LogP contribution in [0, 0.1) is 5.92 Å². The molecule has 2 heterocycles. The quantitative estimate of drug-likeness (QED) is 0.196. The second kappa shape index (κ2) is 15.5. The molecule has 0 radical (unpaired) electrons. The van der Waals surface area contributed by atoms with Crippen LogP contribution < -0.4 is 20.1 Å². The molecule has 9 heteroatoms. The maximum Gasteiger partial charge on any atom is 0.195 e. The third kappa shape index (κ3) is 10.1. The van der Waals surface area contributed by atoms with Crippen LogP contribution in [0.15, 0.2) is 23.2 Å². The zero-order chi connectivity index (χ0) is 21.7. The summed E-state index contributed by atoms with van der Waals surface area (Å²) in [5, 5.41) is 6.88. The molecule has 2 aliphatic rings. The number of nitrogens with one attached hydrogen (secondary N) is 2. The Morgan fingerprint density at radius 2 is 1.91 bits per heavy atom. The number of anilines is 1. The minimum atomic E-state index is 0. The molecule has 32 heavy (non-hydrogen) atoms. The molecule has 1 fully saturated rings. The third-order valence-electron chi connectivity index (χ3n) is 5.00. The summed E-state index contributed by atoms with van der Waals surface area (Å²) in [6, 6.07) is 5.93. The lowest BCUT2D eigenvalue weighted by molar-refractivity contribution is 0.0389. The Hall–Kier alpha value is -1.30. The van der Waals surface area contributed by atoms with Crippen LogP contribution in [0.5, 0.6) is 11.5 Å². The monoisotopic (exact) mass is 562 g/mol. The molecule has 182 valence electrons. The van der Waals surface area contributed by atoms with Gasteiger partial charge in [-0.25, -0.2) is 0 Å². The summed E-state index contributed by atoms with van der Waals surface area (Å²) < 4.78 is 22.6. The molecular weight excluding hydrogens is 523 g/mol. The van der Waals surface area contributed by atoms with Gasteiger partial charge in [0.05, 0.1) is 26.4 Å². The molecule has 2 N–H and O–H groups in total. The van der Waals surface area contributed by atoms with Crippen molar-refractivity contribution in [3.8, 4) is 11.5 Å². The Morgan fingerprint density at radius 1 is 1.12 bits per heavy atom. The predicted molar refractivity (Wildman–Crippen MR) is 139 cm³/mol. The van der Waals surface area contributed by atoms with Crippen LogP contribution in [0.3, 0.4) is 0 Å². The predicted octanol–water partition coefficient (Wildman–Crippen LogP) is 3.22. The van der Waals surface area contributed by atoms with Crippen molar-refractivity contribution in [2.24, 2.45) is 10.9 Å². The number of hydrogen-bond acceptors (Lipinski definition) is 6. The summed E-state index contributed by atoms with van der Waals surface area (Å²) in [4.78, 5) is 7.15. The summed E-state index contributed by atoms with van der Waals surface area (Å²) in [5.74, 6) is 2.90. The zero-order valence-electron chi connectivity index (χ0n) is 19.4. The maximum absolute atomic E-state index is 5.82. The SMILES string of the molecule is CC(C)COCCCN=C(NCCN1CCOCC1)Nc1ccc2c(c1)OCCCO2.I. The highest BCUT2D eigenvalue weighted by Crippen LogP contribution is 2.32. The van der Waals surface area contributed by atoms with E-state index < -0.39 is 0 Å². The van der Waals surface area contributed by atoms with Gasteiger partial charge in [-0.2, -0.15) is 0 Å². The second-order valence-electron chi connectivity index (χ2n) is 8.27. The highest BCUT2D eigenvalue weighted by molar-refractivity contribution is 14.0. The normalized spacial score (nSPS) is 16.9. The van der Waals surface area contributed by atoms with Gasteiger partial charge in [0.15, 0.2) is 17.5 Å². The first kappa shape index (κ1) is 26.9. The Kier molecular flexibility index (Phi) is 13.1. The van der Waals surface area contributed by atoms with Gasteiger partial charge in [-0.15, -0.1) is 24.0 Å². The topological polar surface area (TPSA) is 76.6 Å². The summed E-state index contributed by atoms with van der Waals surface area (Å²) in [6.45, 7) is 13.3. The maximum atomic E-state index is 5.82. The van der Waals surface area contributed by atoms with Crippen molar-refractivity contribution in [3.05, 3.63) is 18.2 Å². The van der Waals surface area contributed by atoms with E-state index in [2.05, 4.69) is 29.4 Å². The fourth-order valence-corrected chi connectivity index (χ4v) is 3.35. The third-order valence-corrected chi connectivity index (χ3v) is 5.00. The van der Waals surface area contributed by atoms with Crippen LogP contribution in [0.25, 0.3) is 0 Å². The first-order valence-electron chi connectivity index (χ1n) is 11.5. The average molecular weight is 562 g/mol. The van der Waals surface area contributed by atoms with Gasteiger partial charge in [0.1, 0.15) is 0 Å². The summed E-state index contributed by atoms with van der Waals surface area (Å²) in [5.41, 5.74) is 0.929. The summed E-state index contributed by atoms with van der Waals surface area (Å²) >= 11 is 0. The van der Waals surface area contributed by atoms with Crippen molar-refractivity contribution in [1.29, 1.82) is 0 Å². The van der Waals surface area contributed by atoms with Crippen LogP contribution in [0.4, 0.5) is 5.69 Å². The van der Waals surface area contributed by atoms with Gasteiger partial charge in [0.25, 0.3) is 0 Å². The van der Waals surface area contributed by atoms with Crippen LogP contribution in [-0.2, 0) is 9.47 Å². The van der Waals surface area contributed by atoms with Crippen LogP contribution >= 0.6 is 24.0 Å². The molecular formula is C23H39IN4O4. The standard InChI is InChI=1S/C23H38N4O4.HI/c1-19(2)18-29-12-3-7-24-23(25-8-9-27-10-15-28-16-11-27)26-20-5-6-21-22(17-20)31-14-4-13-30-21;/h5-6,17,19H,3-4,7-16,18H2,1-2H3,(H2,24,25,26);1H. The highest BCUT2D eigenvalue weighted by Gasteiger charge is 2.12. The lowest BCUT2D eigenvalue weighted by atomic mass is 10.2. The number of guanidine groups is 1. The molecule has 8 nitrogen and oxygen atoms in total. The lowest BCUT2D eigenvalue weighted by Gasteiger charge is -2.26. The van der Waals surface area contributed by atoms with E-state index in [1.54, 1.807) is 0 Å². The van der Waals surface area contributed by atoms with E-state index >= 15 is 0 Å². The molecule has 0 spiro atoms. The zero-order valence-corrected chi connectivity index (χ0v) is 21.8. The Bertz CT molecular complexity index is 684. The lowest BCUT2D eigenvalue weighted by Crippen LogP contribution is -2.42. The number of fused-ring (bicyclic) bond motifs is 1. The molecule has 0 aromatic heterocycles. The van der Waals surface area contributed by atoms with Crippen LogP contribution in [-0.4, -0.2) is 83.2 Å². The molecule has 0 unspecified atom stereocenters. The number of aliphatic imine (C=N–C) groups is 1. The van der Waals surface area contributed by atoms with Crippen LogP contribution in [0.2, 0.25) is 0 Å². The summed E-state index contributed by atoms with van der Waals surface area (Å²) in [6.07, 6.45) is 1.79. The molecule has 0 atom stereocenters. The van der Waals surface area contributed by atoms with Gasteiger partial charge in [-0.05, 0) is 24.5 Å². The Labute approximate surface area is 209 Å². The van der Waals surface area contributed by atoms with E-state index in [0.717, 1.165) is 88.6 Å². The number of hydrogen-bond donors (Lipinski definition) is 2. The molecule has 1 saturated heterocycles. The summed E-state index contributed by atoms with van der Waals surface area (Å²) in [7, 11) is 0. The number of morpholine rings is 1. The highest BCUT2D eigenvalue weighted by atomic mass is 127. The van der Waals surface area contributed by atoms with Crippen molar-refractivity contribution in [1.82, 2.24) is 10.2 Å². The number of ether oxygens (including phenoxy) is 4. The average Bonchev–Trinajstić information content (AvgIpc) is 3.01. The molecule has 1 aromatic carbocycles. The van der Waals surface area contributed by atoms with Crippen molar-refractivity contribution in [2.45, 2.75) is 26.7 Å². The van der Waals surface area contributed by atoms with E-state index in [9.17, 15) is 0 Å². The fourth-order valence-electron chi connectivity index (χ4n) is 3.35. The van der Waals surface area contributed by atoms with E-state index in [-0.39, 0.29) is 24.0 Å². The smallest absolute Gasteiger partial charge is 0.195 e. The molecule has 2 aliphatic heterocycles. The van der Waals surface area contributed by atoms with Gasteiger partial charge >= 0.3 is 0 Å². The molecule has 1 aromatic rings. The van der Waals surface area contributed by atoms with E-state index in [0.29, 0.717) is 25.7 Å². The van der Waals surface area contributed by atoms with Gasteiger partial charge in [-0.1, -0.05) is 13.8 Å². The first-order valence-corrected chi connectivity index (χ1v) is 11.5. The number of nitrogens with zero attached hydrogens (tertiary/aromatic N) is 2. The van der Waals surface area contributed by atoms with Gasteiger partial charge < -0.3 is 29.6 Å². The minimum absolute atomic E-state index is 0. The Morgan fingerprint density at radius 3 is 2.69 bits per heavy atom. The van der Waals surface area contributed by atoms with Gasteiger partial charge in [0.2, 0.25) is 0 Å². The number of benzene rings is 1. The van der Waals surface area contributed by atoms with Crippen molar-refractivity contribution in [3.63, 3.8) is 0 Å². The first-order chi connectivity index (χ1) is 15.2. The molecule has 0 amide bonds.